The van der Waals surface area contributed by atoms with Gasteiger partial charge in [-0.15, -0.1) is 0 Å². The highest BCUT2D eigenvalue weighted by Crippen LogP contribution is 2.35. The third-order valence-electron chi connectivity index (χ3n) is 12.0. The standard InChI is InChI=1S/C41H54N10O5S/c1-28(2)56-34-25-42-40(43-26-34)44-32-13-20-50(21-14-32)57(54,55)35-6-4-5-33(24-35)49-18-9-29(10-19-49)27-48-16-11-30(12-17-48)31-7-8-36-37(23-31)47(3)46-39(36)51-22-15-38(52)45-41(51)53/h4-8,23-26,28-30,32H,9-22,27H2,1-3H3,(H,42,43,44)(H,45,52,53). The van der Waals surface area contributed by atoms with Crippen molar-refractivity contribution in [3.05, 3.63) is 60.4 Å². The molecule has 57 heavy (non-hydrogen) atoms. The molecule has 304 valence electrons. The van der Waals surface area contributed by atoms with Gasteiger partial charge in [0.2, 0.25) is 21.9 Å². The summed E-state index contributed by atoms with van der Waals surface area (Å²) in [6.07, 6.45) is 9.33. The van der Waals surface area contributed by atoms with Crippen LogP contribution in [-0.2, 0) is 21.9 Å². The second-order valence-corrected chi connectivity index (χ2v) is 18.2. The van der Waals surface area contributed by atoms with Crippen LogP contribution in [0.5, 0.6) is 5.75 Å². The van der Waals surface area contributed by atoms with E-state index in [1.165, 1.54) is 5.56 Å². The molecule has 6 heterocycles. The van der Waals surface area contributed by atoms with Gasteiger partial charge in [-0.1, -0.05) is 12.1 Å². The normalized spacial score (nSPS) is 20.1. The number of aryl methyl sites for hydroxylation is 1. The van der Waals surface area contributed by atoms with E-state index in [2.05, 4.69) is 53.7 Å². The number of fused-ring (bicyclic) bond motifs is 1. The molecule has 0 bridgehead atoms. The first-order valence-corrected chi connectivity index (χ1v) is 21.8. The molecule has 4 fully saturated rings. The van der Waals surface area contributed by atoms with Crippen LogP contribution in [0.25, 0.3) is 10.9 Å². The number of ether oxygens (including phenoxy) is 1. The van der Waals surface area contributed by atoms with Gasteiger partial charge >= 0.3 is 6.03 Å². The van der Waals surface area contributed by atoms with Crippen molar-refractivity contribution in [1.29, 1.82) is 0 Å². The SMILES string of the molecule is CC(C)Oc1cnc(NC2CCN(S(=O)(=O)c3cccc(N4CCC(CN5CCC(c6ccc7c(N8CCC(=O)NC8=O)nn(C)c7c6)CC5)CC4)c3)CC2)nc1. The fraction of sp³-hybridized carbons (Fsp3) is 0.537. The minimum absolute atomic E-state index is 0.0489. The number of hydrogen-bond donors (Lipinski definition) is 2. The molecule has 2 aromatic heterocycles. The van der Waals surface area contributed by atoms with Crippen LogP contribution in [0.15, 0.2) is 59.8 Å². The average molecular weight is 799 g/mol. The summed E-state index contributed by atoms with van der Waals surface area (Å²) in [5, 5.41) is 11.3. The van der Waals surface area contributed by atoms with E-state index in [1.807, 2.05) is 43.8 Å². The first kappa shape index (κ1) is 39.0. The number of hydrogen-bond acceptors (Lipinski definition) is 11. The van der Waals surface area contributed by atoms with Gasteiger partial charge < -0.3 is 19.9 Å². The fourth-order valence-corrected chi connectivity index (χ4v) is 10.3. The van der Waals surface area contributed by atoms with Gasteiger partial charge in [0, 0.05) is 69.9 Å². The van der Waals surface area contributed by atoms with Crippen molar-refractivity contribution in [2.75, 3.05) is 67.5 Å². The Balaban J connectivity index is 0.795. The number of amides is 3. The lowest BCUT2D eigenvalue weighted by Crippen LogP contribution is -2.49. The van der Waals surface area contributed by atoms with Gasteiger partial charge in [-0.2, -0.15) is 9.40 Å². The lowest BCUT2D eigenvalue weighted by atomic mass is 9.88. The molecule has 3 amide bonds. The van der Waals surface area contributed by atoms with Crippen LogP contribution < -0.4 is 25.2 Å². The molecule has 4 aliphatic heterocycles. The first-order valence-electron chi connectivity index (χ1n) is 20.4. The summed E-state index contributed by atoms with van der Waals surface area (Å²) in [6, 6.07) is 13.6. The number of carbonyl (C=O) groups excluding carboxylic acids is 2. The van der Waals surface area contributed by atoms with Gasteiger partial charge in [-0.25, -0.2) is 23.2 Å². The van der Waals surface area contributed by atoms with E-state index in [1.54, 1.807) is 27.7 Å². The van der Waals surface area contributed by atoms with E-state index in [0.717, 1.165) is 75.0 Å². The third kappa shape index (κ3) is 8.72. The van der Waals surface area contributed by atoms with Gasteiger partial charge in [-0.3, -0.25) is 19.7 Å². The van der Waals surface area contributed by atoms with E-state index >= 15 is 0 Å². The Morgan fingerprint density at radius 2 is 1.63 bits per heavy atom. The minimum atomic E-state index is -3.62. The summed E-state index contributed by atoms with van der Waals surface area (Å²) in [6.45, 7) is 10.2. The zero-order valence-electron chi connectivity index (χ0n) is 33.1. The molecule has 16 heteroatoms. The molecule has 0 aliphatic carbocycles. The second-order valence-electron chi connectivity index (χ2n) is 16.2. The van der Waals surface area contributed by atoms with Crippen LogP contribution in [0.2, 0.25) is 0 Å². The van der Waals surface area contributed by atoms with Gasteiger partial charge in [0.15, 0.2) is 11.6 Å². The smallest absolute Gasteiger partial charge is 0.329 e. The van der Waals surface area contributed by atoms with Gasteiger partial charge in [-0.05, 0) is 113 Å². The lowest BCUT2D eigenvalue weighted by Gasteiger charge is -2.38. The maximum absolute atomic E-state index is 13.8. The zero-order chi connectivity index (χ0) is 39.7. The fourth-order valence-electron chi connectivity index (χ4n) is 8.80. The number of nitrogens with zero attached hydrogens (tertiary/aromatic N) is 8. The van der Waals surface area contributed by atoms with Crippen LogP contribution >= 0.6 is 0 Å². The summed E-state index contributed by atoms with van der Waals surface area (Å²) in [5.41, 5.74) is 3.27. The van der Waals surface area contributed by atoms with Crippen molar-refractivity contribution in [1.82, 2.24) is 34.3 Å². The first-order chi connectivity index (χ1) is 27.5. The molecule has 0 saturated carbocycles. The van der Waals surface area contributed by atoms with Gasteiger partial charge in [0.05, 0.1) is 28.9 Å². The summed E-state index contributed by atoms with van der Waals surface area (Å²) in [4.78, 5) is 39.8. The third-order valence-corrected chi connectivity index (χ3v) is 13.9. The number of aromatic nitrogens is 4. The molecule has 8 rings (SSSR count). The molecular formula is C41H54N10O5S. The Morgan fingerprint density at radius 3 is 2.33 bits per heavy atom. The average Bonchev–Trinajstić information content (AvgIpc) is 3.54. The van der Waals surface area contributed by atoms with Gasteiger partial charge in [0.1, 0.15) is 0 Å². The summed E-state index contributed by atoms with van der Waals surface area (Å²) >= 11 is 0. The maximum atomic E-state index is 13.8. The Labute approximate surface area is 334 Å². The largest absolute Gasteiger partial charge is 0.488 e. The second kappa shape index (κ2) is 16.6. The lowest BCUT2D eigenvalue weighted by molar-refractivity contribution is -0.120. The highest BCUT2D eigenvalue weighted by Gasteiger charge is 2.32. The monoisotopic (exact) mass is 798 g/mol. The molecule has 4 saturated heterocycles. The van der Waals surface area contributed by atoms with Crippen molar-refractivity contribution in [2.24, 2.45) is 13.0 Å². The molecule has 2 N–H and O–H groups in total. The number of sulfonamides is 1. The Hall–Kier alpha value is -4.80. The zero-order valence-corrected chi connectivity index (χ0v) is 34.0. The van der Waals surface area contributed by atoms with E-state index in [-0.39, 0.29) is 24.5 Å². The van der Waals surface area contributed by atoms with Crippen molar-refractivity contribution in [2.45, 2.75) is 81.8 Å². The number of benzene rings is 2. The van der Waals surface area contributed by atoms with E-state index in [4.69, 9.17) is 4.74 Å². The molecule has 0 radical (unpaired) electrons. The van der Waals surface area contributed by atoms with Crippen molar-refractivity contribution in [3.63, 3.8) is 0 Å². The number of imide groups is 1. The molecule has 0 atom stereocenters. The maximum Gasteiger partial charge on any atom is 0.329 e. The molecular weight excluding hydrogens is 745 g/mol. The molecule has 4 aliphatic rings. The van der Waals surface area contributed by atoms with Crippen LogP contribution in [-0.4, -0.2) is 114 Å². The summed E-state index contributed by atoms with van der Waals surface area (Å²) in [7, 11) is -1.71. The Bertz CT molecular complexity index is 2170. The number of rotatable bonds is 11. The van der Waals surface area contributed by atoms with E-state index in [0.29, 0.717) is 66.7 Å². The number of carbonyl (C=O) groups is 2. The predicted octanol–water partition coefficient (Wildman–Crippen LogP) is 4.96. The summed E-state index contributed by atoms with van der Waals surface area (Å²) < 4.78 is 36.6. The summed E-state index contributed by atoms with van der Waals surface area (Å²) in [5.74, 6) is 2.57. The van der Waals surface area contributed by atoms with Crippen molar-refractivity contribution < 1.29 is 22.7 Å². The molecule has 4 aromatic rings. The number of anilines is 3. The minimum Gasteiger partial charge on any atom is -0.488 e. The van der Waals surface area contributed by atoms with Crippen LogP contribution in [0.4, 0.5) is 22.2 Å². The van der Waals surface area contributed by atoms with Crippen LogP contribution in [0, 0.1) is 5.92 Å². The number of nitrogens with one attached hydrogen (secondary N) is 2. The number of urea groups is 1. The topological polar surface area (TPSA) is 158 Å². The molecule has 0 spiro atoms. The highest BCUT2D eigenvalue weighted by atomic mass is 32.2. The van der Waals surface area contributed by atoms with E-state index in [9.17, 15) is 18.0 Å². The quantitative estimate of drug-likeness (QED) is 0.212. The van der Waals surface area contributed by atoms with Crippen LogP contribution in [0.3, 0.4) is 0 Å². The van der Waals surface area contributed by atoms with Crippen molar-refractivity contribution in [3.8, 4) is 5.75 Å². The predicted molar refractivity (Wildman–Crippen MR) is 219 cm³/mol. The number of piperidine rings is 3. The Morgan fingerprint density at radius 1 is 0.895 bits per heavy atom. The highest BCUT2D eigenvalue weighted by molar-refractivity contribution is 7.89. The molecule has 15 nitrogen and oxygen atoms in total. The van der Waals surface area contributed by atoms with Gasteiger partial charge in [0.25, 0.3) is 0 Å². The van der Waals surface area contributed by atoms with Crippen LogP contribution in [0.1, 0.15) is 70.3 Å². The molecule has 0 unspecified atom stereocenters. The Kier molecular flexibility index (Phi) is 11.4. The van der Waals surface area contributed by atoms with Crippen molar-refractivity contribution >= 4 is 50.3 Å². The number of likely N-dealkylation sites (tertiary alicyclic amines) is 1. The van der Waals surface area contributed by atoms with E-state index < -0.39 is 16.1 Å². The molecule has 2 aromatic carbocycles.